The van der Waals surface area contributed by atoms with E-state index in [-0.39, 0.29) is 11.6 Å². The molecule has 0 saturated heterocycles. The lowest BCUT2D eigenvalue weighted by Crippen LogP contribution is -2.14. The number of nitrogens with zero attached hydrogens (tertiary/aromatic N) is 2. The molecule has 0 fully saturated rings. The van der Waals surface area contributed by atoms with Crippen molar-refractivity contribution in [2.24, 2.45) is 4.99 Å². The molecule has 0 radical (unpaired) electrons. The van der Waals surface area contributed by atoms with E-state index in [2.05, 4.69) is 9.98 Å². The van der Waals surface area contributed by atoms with Gasteiger partial charge < -0.3 is 9.38 Å². The van der Waals surface area contributed by atoms with Crippen molar-refractivity contribution in [1.82, 2.24) is 9.38 Å². The second kappa shape index (κ2) is 2.35. The van der Waals surface area contributed by atoms with Crippen molar-refractivity contribution in [3.05, 3.63) is 40.1 Å². The molecule has 4 heteroatoms. The fraction of sp³-hybridized carbons (Fsp3) is 0.200. The van der Waals surface area contributed by atoms with Gasteiger partial charge in [-0.3, -0.25) is 9.79 Å². The second-order valence-corrected chi connectivity index (χ2v) is 3.47. The summed E-state index contributed by atoms with van der Waals surface area (Å²) in [5.41, 5.74) is 2.51. The van der Waals surface area contributed by atoms with Crippen molar-refractivity contribution in [3.8, 4) is 0 Å². The number of H-pyrrole nitrogens is 1. The Labute approximate surface area is 79.9 Å². The number of aliphatic imine (C=N–C) groups is 1. The molecular weight excluding hydrogens is 178 g/mol. The lowest BCUT2D eigenvalue weighted by Gasteiger charge is -2.06. The number of nitrogens with one attached hydrogen (secondary N) is 1. The van der Waals surface area contributed by atoms with Crippen LogP contribution in [0.5, 0.6) is 0 Å². The zero-order valence-corrected chi connectivity index (χ0v) is 7.69. The van der Waals surface area contributed by atoms with E-state index in [0.29, 0.717) is 5.52 Å². The molecule has 0 amide bonds. The van der Waals surface area contributed by atoms with Gasteiger partial charge in [-0.05, 0) is 19.1 Å². The van der Waals surface area contributed by atoms with E-state index in [1.165, 1.54) is 0 Å². The van der Waals surface area contributed by atoms with Gasteiger partial charge in [0.1, 0.15) is 5.52 Å². The monoisotopic (exact) mass is 187 g/mol. The third-order valence-corrected chi connectivity index (χ3v) is 2.59. The van der Waals surface area contributed by atoms with Crippen LogP contribution in [0.4, 0.5) is 0 Å². The maximum absolute atomic E-state index is 11.6. The summed E-state index contributed by atoms with van der Waals surface area (Å²) in [5, 5.41) is 0. The molecule has 2 aromatic rings. The third-order valence-electron chi connectivity index (χ3n) is 2.59. The van der Waals surface area contributed by atoms with Crippen LogP contribution in [-0.4, -0.2) is 15.6 Å². The number of hydrogen-bond acceptors (Lipinski definition) is 2. The summed E-state index contributed by atoms with van der Waals surface area (Å²) in [6.45, 7) is 2.01. The summed E-state index contributed by atoms with van der Waals surface area (Å²) in [7, 11) is 0. The topological polar surface area (TPSA) is 49.6 Å². The standard InChI is InChI=1S/C10H9N3O/c1-6-9-7(5-11-6)12-10(14)8-3-2-4-13(8)9/h2-6H,1H3,(H,12,14). The van der Waals surface area contributed by atoms with E-state index >= 15 is 0 Å². The Kier molecular flexibility index (Phi) is 1.27. The second-order valence-electron chi connectivity index (χ2n) is 3.47. The first-order chi connectivity index (χ1) is 6.77. The Morgan fingerprint density at radius 3 is 3.29 bits per heavy atom. The average Bonchev–Trinajstić information content (AvgIpc) is 2.72. The molecule has 0 spiro atoms. The molecule has 0 bridgehead atoms. The van der Waals surface area contributed by atoms with Gasteiger partial charge in [-0.25, -0.2) is 0 Å². The first-order valence-corrected chi connectivity index (χ1v) is 4.54. The van der Waals surface area contributed by atoms with Crippen molar-refractivity contribution in [3.63, 3.8) is 0 Å². The van der Waals surface area contributed by atoms with Gasteiger partial charge >= 0.3 is 0 Å². The molecule has 14 heavy (non-hydrogen) atoms. The first-order valence-electron chi connectivity index (χ1n) is 4.54. The molecule has 1 unspecified atom stereocenters. The minimum absolute atomic E-state index is 0.0608. The van der Waals surface area contributed by atoms with Gasteiger partial charge in [0.05, 0.1) is 17.4 Å². The number of aromatic amines is 1. The Morgan fingerprint density at radius 2 is 2.43 bits per heavy atom. The lowest BCUT2D eigenvalue weighted by molar-refractivity contribution is 0.779. The predicted octanol–water partition coefficient (Wildman–Crippen LogP) is 1.12. The molecule has 1 N–H and O–H groups in total. The molecular formula is C10H9N3O. The van der Waals surface area contributed by atoms with Gasteiger partial charge in [-0.1, -0.05) is 0 Å². The van der Waals surface area contributed by atoms with E-state index in [9.17, 15) is 4.79 Å². The highest BCUT2D eigenvalue weighted by atomic mass is 16.1. The molecule has 1 atom stereocenters. The minimum Gasteiger partial charge on any atom is -0.318 e. The van der Waals surface area contributed by atoms with Gasteiger partial charge in [0, 0.05) is 12.4 Å². The van der Waals surface area contributed by atoms with Gasteiger partial charge in [-0.2, -0.15) is 0 Å². The Hall–Kier alpha value is -1.84. The molecule has 0 aliphatic carbocycles. The SMILES string of the molecule is CC1N=Cc2[nH]c(=O)c3cccn3c21. The third kappa shape index (κ3) is 0.775. The molecule has 0 saturated carbocycles. The van der Waals surface area contributed by atoms with Gasteiger partial charge in [-0.15, -0.1) is 0 Å². The maximum atomic E-state index is 11.6. The van der Waals surface area contributed by atoms with E-state index in [4.69, 9.17) is 0 Å². The lowest BCUT2D eigenvalue weighted by atomic mass is 10.2. The molecule has 3 heterocycles. The molecule has 1 aliphatic heterocycles. The summed E-state index contributed by atoms with van der Waals surface area (Å²) in [6.07, 6.45) is 3.62. The molecule has 2 aromatic heterocycles. The van der Waals surface area contributed by atoms with Crippen molar-refractivity contribution >= 4 is 11.7 Å². The number of rotatable bonds is 0. The normalized spacial score (nSPS) is 19.1. The highest BCUT2D eigenvalue weighted by molar-refractivity contribution is 5.82. The largest absolute Gasteiger partial charge is 0.318 e. The zero-order valence-electron chi connectivity index (χ0n) is 7.69. The van der Waals surface area contributed by atoms with Crippen LogP contribution in [0.1, 0.15) is 24.4 Å². The highest BCUT2D eigenvalue weighted by Gasteiger charge is 2.19. The van der Waals surface area contributed by atoms with E-state index < -0.39 is 0 Å². The van der Waals surface area contributed by atoms with Crippen molar-refractivity contribution in [2.45, 2.75) is 13.0 Å². The van der Waals surface area contributed by atoms with E-state index in [1.54, 1.807) is 6.21 Å². The van der Waals surface area contributed by atoms with Crippen LogP contribution in [0.2, 0.25) is 0 Å². The van der Waals surface area contributed by atoms with Gasteiger partial charge in [0.15, 0.2) is 0 Å². The van der Waals surface area contributed by atoms with E-state index in [1.807, 2.05) is 29.7 Å². The van der Waals surface area contributed by atoms with Crippen molar-refractivity contribution < 1.29 is 0 Å². The van der Waals surface area contributed by atoms with Crippen LogP contribution in [0, 0.1) is 0 Å². The summed E-state index contributed by atoms with van der Waals surface area (Å²) in [4.78, 5) is 18.6. The van der Waals surface area contributed by atoms with E-state index in [0.717, 1.165) is 11.4 Å². The average molecular weight is 187 g/mol. The maximum Gasteiger partial charge on any atom is 0.272 e. The summed E-state index contributed by atoms with van der Waals surface area (Å²) < 4.78 is 1.91. The number of hydrogen-bond donors (Lipinski definition) is 1. The summed E-state index contributed by atoms with van der Waals surface area (Å²) in [5.74, 6) is 0. The molecule has 1 aliphatic rings. The minimum atomic E-state index is -0.0608. The summed E-state index contributed by atoms with van der Waals surface area (Å²) in [6, 6.07) is 3.80. The molecule has 70 valence electrons. The Morgan fingerprint density at radius 1 is 1.57 bits per heavy atom. The Balaban J connectivity index is 2.55. The van der Waals surface area contributed by atoms with Crippen molar-refractivity contribution in [2.75, 3.05) is 0 Å². The fourth-order valence-corrected chi connectivity index (χ4v) is 1.94. The van der Waals surface area contributed by atoms with Crippen LogP contribution in [0.15, 0.2) is 28.1 Å². The van der Waals surface area contributed by atoms with Crippen molar-refractivity contribution in [1.29, 1.82) is 0 Å². The fourth-order valence-electron chi connectivity index (χ4n) is 1.94. The van der Waals surface area contributed by atoms with Crippen LogP contribution in [-0.2, 0) is 0 Å². The summed E-state index contributed by atoms with van der Waals surface area (Å²) >= 11 is 0. The molecule has 0 aromatic carbocycles. The van der Waals surface area contributed by atoms with Crippen LogP contribution in [0.3, 0.4) is 0 Å². The number of aromatic nitrogens is 2. The van der Waals surface area contributed by atoms with Crippen LogP contribution < -0.4 is 5.56 Å². The first kappa shape index (κ1) is 7.55. The molecule has 3 rings (SSSR count). The van der Waals surface area contributed by atoms with Gasteiger partial charge in [0.2, 0.25) is 0 Å². The van der Waals surface area contributed by atoms with Crippen LogP contribution >= 0.6 is 0 Å². The zero-order chi connectivity index (χ0) is 9.71. The number of fused-ring (bicyclic) bond motifs is 3. The quantitative estimate of drug-likeness (QED) is 0.660. The molecule has 4 nitrogen and oxygen atoms in total. The van der Waals surface area contributed by atoms with Gasteiger partial charge in [0.25, 0.3) is 5.56 Å². The predicted molar refractivity (Wildman–Crippen MR) is 54.0 cm³/mol. The smallest absolute Gasteiger partial charge is 0.272 e. The highest BCUT2D eigenvalue weighted by Crippen LogP contribution is 2.23. The Bertz CT molecular complexity index is 591. The van der Waals surface area contributed by atoms with Crippen LogP contribution in [0.25, 0.3) is 5.52 Å².